The van der Waals surface area contributed by atoms with Gasteiger partial charge in [-0.2, -0.15) is 0 Å². The van der Waals surface area contributed by atoms with Crippen LogP contribution >= 0.6 is 0 Å². The highest BCUT2D eigenvalue weighted by Crippen LogP contribution is 2.38. The molecule has 2 N–H and O–H groups in total. The molecule has 8 nitrogen and oxygen atoms in total. The number of urea groups is 1. The zero-order valence-corrected chi connectivity index (χ0v) is 16.2. The summed E-state index contributed by atoms with van der Waals surface area (Å²) in [6.07, 6.45) is 7.34. The van der Waals surface area contributed by atoms with Crippen molar-refractivity contribution in [3.05, 3.63) is 35.6 Å². The lowest BCUT2D eigenvalue weighted by molar-refractivity contribution is -0.121. The zero-order valence-electron chi connectivity index (χ0n) is 16.2. The van der Waals surface area contributed by atoms with Crippen molar-refractivity contribution in [2.75, 3.05) is 13.1 Å². The van der Waals surface area contributed by atoms with Crippen molar-refractivity contribution in [1.82, 2.24) is 15.5 Å². The Hall–Kier alpha value is -3.03. The van der Waals surface area contributed by atoms with Gasteiger partial charge in [0.05, 0.1) is 5.71 Å². The number of carbonyl (C=O) groups is 4. The molecule has 1 atom stereocenters. The average molecular weight is 384 g/mol. The third kappa shape index (κ3) is 4.44. The lowest BCUT2D eigenvalue weighted by atomic mass is 9.74. The number of nitrogens with one attached hydrogen (secondary N) is 2. The van der Waals surface area contributed by atoms with Crippen molar-refractivity contribution in [1.29, 1.82) is 0 Å². The summed E-state index contributed by atoms with van der Waals surface area (Å²) >= 11 is 0. The summed E-state index contributed by atoms with van der Waals surface area (Å²) in [4.78, 5) is 52.5. The molecule has 5 amide bonds. The predicted molar refractivity (Wildman–Crippen MR) is 103 cm³/mol. The maximum Gasteiger partial charge on any atom is 0.324 e. The summed E-state index contributed by atoms with van der Waals surface area (Å²) in [6.45, 7) is 6.67. The molecule has 1 saturated heterocycles. The van der Waals surface area contributed by atoms with Gasteiger partial charge in [-0.3, -0.25) is 19.7 Å². The molecule has 0 saturated carbocycles. The monoisotopic (exact) mass is 384 g/mol. The molecular weight excluding hydrogens is 360 g/mol. The number of allylic oxidation sites excluding steroid dienone is 3. The number of carbonyl (C=O) groups excluding carboxylic acids is 4. The number of amides is 5. The predicted octanol–water partition coefficient (Wildman–Crippen LogP) is 1.46. The zero-order chi connectivity index (χ0) is 20.5. The summed E-state index contributed by atoms with van der Waals surface area (Å²) in [5, 5.41) is 5.05. The first-order chi connectivity index (χ1) is 13.1. The van der Waals surface area contributed by atoms with Gasteiger partial charge in [0.2, 0.25) is 17.7 Å². The van der Waals surface area contributed by atoms with E-state index in [-0.39, 0.29) is 48.4 Å². The SMILES string of the molecule is CC(C)(C)C1=CC(=O)NC2=CC(=NC(=O)CCN3CCC(=O)NC3=O)C=CC21. The molecule has 1 fully saturated rings. The Morgan fingerprint density at radius 1 is 1.21 bits per heavy atom. The Morgan fingerprint density at radius 2 is 1.96 bits per heavy atom. The Balaban J connectivity index is 1.66. The van der Waals surface area contributed by atoms with Gasteiger partial charge in [-0.05, 0) is 23.1 Å². The molecule has 0 aromatic rings. The average Bonchev–Trinajstić information content (AvgIpc) is 2.59. The number of nitrogens with zero attached hydrogens (tertiary/aromatic N) is 2. The van der Waals surface area contributed by atoms with E-state index in [4.69, 9.17) is 0 Å². The molecule has 148 valence electrons. The fourth-order valence-electron chi connectivity index (χ4n) is 3.39. The molecule has 2 aliphatic heterocycles. The maximum atomic E-state index is 12.2. The van der Waals surface area contributed by atoms with Crippen molar-refractivity contribution in [2.24, 2.45) is 16.3 Å². The number of aliphatic imine (C=N–C) groups is 1. The van der Waals surface area contributed by atoms with Crippen LogP contribution in [0.15, 0.2) is 40.6 Å². The van der Waals surface area contributed by atoms with Crippen LogP contribution in [0.2, 0.25) is 0 Å². The minimum absolute atomic E-state index is 0.0404. The summed E-state index contributed by atoms with van der Waals surface area (Å²) in [6, 6.07) is -0.481. The van der Waals surface area contributed by atoms with Gasteiger partial charge in [0, 0.05) is 43.6 Å². The topological polar surface area (TPSA) is 108 Å². The van der Waals surface area contributed by atoms with Crippen molar-refractivity contribution >= 4 is 29.5 Å². The Morgan fingerprint density at radius 3 is 2.64 bits per heavy atom. The van der Waals surface area contributed by atoms with Crippen LogP contribution in [0.3, 0.4) is 0 Å². The summed E-state index contributed by atoms with van der Waals surface area (Å²) in [5.41, 5.74) is 2.02. The largest absolute Gasteiger partial charge is 0.325 e. The van der Waals surface area contributed by atoms with E-state index in [2.05, 4.69) is 36.4 Å². The van der Waals surface area contributed by atoms with Gasteiger partial charge in [0.25, 0.3) is 0 Å². The minimum Gasteiger partial charge on any atom is -0.325 e. The van der Waals surface area contributed by atoms with Crippen molar-refractivity contribution < 1.29 is 19.2 Å². The smallest absolute Gasteiger partial charge is 0.324 e. The van der Waals surface area contributed by atoms with Gasteiger partial charge in [-0.1, -0.05) is 26.8 Å². The van der Waals surface area contributed by atoms with Crippen molar-refractivity contribution in [3.8, 4) is 0 Å². The number of hydrogen-bond donors (Lipinski definition) is 2. The van der Waals surface area contributed by atoms with Crippen LogP contribution in [0.25, 0.3) is 0 Å². The van der Waals surface area contributed by atoms with Crippen molar-refractivity contribution in [3.63, 3.8) is 0 Å². The van der Waals surface area contributed by atoms with E-state index in [0.717, 1.165) is 5.57 Å². The number of hydrogen-bond acceptors (Lipinski definition) is 4. The fraction of sp³-hybridized carbons (Fsp3) is 0.450. The molecule has 1 aliphatic carbocycles. The molecule has 0 bridgehead atoms. The Bertz CT molecular complexity index is 858. The lowest BCUT2D eigenvalue weighted by Gasteiger charge is -2.34. The van der Waals surface area contributed by atoms with Crippen LogP contribution in [0.1, 0.15) is 33.6 Å². The van der Waals surface area contributed by atoms with Gasteiger partial charge < -0.3 is 10.2 Å². The van der Waals surface area contributed by atoms with Gasteiger partial charge in [0.1, 0.15) is 0 Å². The molecule has 8 heteroatoms. The van der Waals surface area contributed by atoms with Crippen LogP contribution in [0, 0.1) is 11.3 Å². The van der Waals surface area contributed by atoms with Gasteiger partial charge in [0.15, 0.2) is 0 Å². The van der Waals surface area contributed by atoms with E-state index in [1.165, 1.54) is 4.90 Å². The number of fused-ring (bicyclic) bond motifs is 1. The molecular formula is C20H24N4O4. The Kier molecular flexibility index (Phi) is 5.31. The Labute approximate surface area is 163 Å². The lowest BCUT2D eigenvalue weighted by Crippen LogP contribution is -2.49. The van der Waals surface area contributed by atoms with E-state index in [0.29, 0.717) is 18.0 Å². The molecule has 1 unspecified atom stereocenters. The summed E-state index contributed by atoms with van der Waals surface area (Å²) in [7, 11) is 0. The van der Waals surface area contributed by atoms with Gasteiger partial charge in [-0.15, -0.1) is 0 Å². The van der Waals surface area contributed by atoms with Crippen LogP contribution in [-0.4, -0.2) is 47.5 Å². The van der Waals surface area contributed by atoms with Gasteiger partial charge >= 0.3 is 6.03 Å². The van der Waals surface area contributed by atoms with Gasteiger partial charge in [-0.25, -0.2) is 9.79 Å². The van der Waals surface area contributed by atoms with Crippen LogP contribution in [-0.2, 0) is 14.4 Å². The van der Waals surface area contributed by atoms with Crippen LogP contribution < -0.4 is 10.6 Å². The normalized spacial score (nSPS) is 23.7. The first-order valence-electron chi connectivity index (χ1n) is 9.26. The number of imide groups is 1. The summed E-state index contributed by atoms with van der Waals surface area (Å²) < 4.78 is 0. The maximum absolute atomic E-state index is 12.2. The highest BCUT2D eigenvalue weighted by molar-refractivity contribution is 6.11. The standard InChI is InChI=1S/C20H24N4O4/c1-20(2,3)14-11-18(27)22-15-10-12(4-5-13(14)15)21-16(25)6-8-24-9-7-17(26)23-19(24)28/h4-5,10-11,13H,6-9H2,1-3H3,(H,22,27)(H,23,26,28). The van der Waals surface area contributed by atoms with Crippen LogP contribution in [0.4, 0.5) is 4.79 Å². The van der Waals surface area contributed by atoms with E-state index < -0.39 is 6.03 Å². The molecule has 0 aromatic heterocycles. The highest BCUT2D eigenvalue weighted by Gasteiger charge is 2.32. The van der Waals surface area contributed by atoms with E-state index >= 15 is 0 Å². The fourth-order valence-corrected chi connectivity index (χ4v) is 3.39. The molecule has 0 radical (unpaired) electrons. The van der Waals surface area contributed by atoms with Crippen molar-refractivity contribution in [2.45, 2.75) is 33.6 Å². The number of rotatable bonds is 3. The molecule has 2 heterocycles. The molecule has 3 rings (SSSR count). The molecule has 0 aromatic carbocycles. The third-order valence-electron chi connectivity index (χ3n) is 4.84. The van der Waals surface area contributed by atoms with Crippen LogP contribution in [0.5, 0.6) is 0 Å². The van der Waals surface area contributed by atoms with E-state index in [9.17, 15) is 19.2 Å². The molecule has 28 heavy (non-hydrogen) atoms. The quantitative estimate of drug-likeness (QED) is 0.768. The summed E-state index contributed by atoms with van der Waals surface area (Å²) in [5.74, 6) is -0.895. The second-order valence-corrected chi connectivity index (χ2v) is 8.05. The highest BCUT2D eigenvalue weighted by atomic mass is 16.2. The first-order valence-corrected chi connectivity index (χ1v) is 9.26. The minimum atomic E-state index is -0.481. The van der Waals surface area contributed by atoms with E-state index in [1.807, 2.05) is 6.08 Å². The third-order valence-corrected chi connectivity index (χ3v) is 4.84. The molecule has 3 aliphatic rings. The second-order valence-electron chi connectivity index (χ2n) is 8.05. The second kappa shape index (κ2) is 7.53. The van der Waals surface area contributed by atoms with E-state index in [1.54, 1.807) is 18.2 Å². The molecule has 0 spiro atoms. The first kappa shape index (κ1) is 19.7.